The fourth-order valence-electron chi connectivity index (χ4n) is 2.62. The summed E-state index contributed by atoms with van der Waals surface area (Å²) in [5.74, 6) is 1.69. The third-order valence-corrected chi connectivity index (χ3v) is 5.40. The number of hydrogen-bond acceptors (Lipinski definition) is 6. The first-order valence-corrected chi connectivity index (χ1v) is 10.0. The van der Waals surface area contributed by atoms with Crippen LogP contribution >= 0.6 is 34.5 Å². The van der Waals surface area contributed by atoms with Gasteiger partial charge in [0.15, 0.2) is 0 Å². The van der Waals surface area contributed by atoms with E-state index in [0.29, 0.717) is 37.4 Å². The van der Waals surface area contributed by atoms with Gasteiger partial charge in [0, 0.05) is 29.8 Å². The second-order valence-electron chi connectivity index (χ2n) is 6.02. The maximum absolute atomic E-state index is 12.3. The molecule has 1 amide bonds. The number of carbonyl (C=O) groups is 1. The number of nitrogens with zero attached hydrogens (tertiary/aromatic N) is 4. The quantitative estimate of drug-likeness (QED) is 0.434. The molecule has 0 aliphatic heterocycles. The van der Waals surface area contributed by atoms with E-state index in [1.165, 1.54) is 0 Å². The average Bonchev–Trinajstić information content (AvgIpc) is 3.32. The molecule has 0 saturated heterocycles. The molecule has 0 saturated carbocycles. The summed E-state index contributed by atoms with van der Waals surface area (Å²) < 4.78 is 2.63. The predicted molar refractivity (Wildman–Crippen MR) is 116 cm³/mol. The lowest BCUT2D eigenvalue weighted by Gasteiger charge is -2.10. The molecule has 2 N–H and O–H groups in total. The Bertz CT molecular complexity index is 1160. The number of carbonyl (C=O) groups excluding carboxylic acids is 1. The first-order valence-electron chi connectivity index (χ1n) is 8.45. The number of nitrogens with one attached hydrogen (secondary N) is 2. The molecule has 0 unspecified atom stereocenters. The van der Waals surface area contributed by atoms with Crippen molar-refractivity contribution >= 4 is 57.6 Å². The van der Waals surface area contributed by atoms with Gasteiger partial charge in [-0.1, -0.05) is 23.2 Å². The molecule has 29 heavy (non-hydrogen) atoms. The Hall–Kier alpha value is -2.94. The van der Waals surface area contributed by atoms with Crippen molar-refractivity contribution in [3.63, 3.8) is 0 Å². The Morgan fingerprint density at radius 1 is 1.10 bits per heavy atom. The van der Waals surface area contributed by atoms with Gasteiger partial charge in [-0.25, -0.2) is 15.0 Å². The molecule has 4 aromatic rings. The highest BCUT2D eigenvalue weighted by atomic mass is 35.5. The van der Waals surface area contributed by atoms with Gasteiger partial charge in [0.1, 0.15) is 28.1 Å². The van der Waals surface area contributed by atoms with Crippen LogP contribution in [0.15, 0.2) is 55.1 Å². The van der Waals surface area contributed by atoms with E-state index in [1.54, 1.807) is 35.3 Å². The van der Waals surface area contributed by atoms with Gasteiger partial charge in [-0.15, -0.1) is 11.3 Å². The Labute approximate surface area is 180 Å². The van der Waals surface area contributed by atoms with Crippen molar-refractivity contribution in [1.82, 2.24) is 19.5 Å². The maximum atomic E-state index is 12.3. The van der Waals surface area contributed by atoms with E-state index in [9.17, 15) is 4.79 Å². The fourth-order valence-corrected chi connectivity index (χ4v) is 4.08. The fraction of sp³-hybridized carbons (Fsp3) is 0.0526. The van der Waals surface area contributed by atoms with Crippen LogP contribution in [0.5, 0.6) is 0 Å². The third kappa shape index (κ3) is 4.56. The van der Waals surface area contributed by atoms with E-state index in [1.807, 2.05) is 31.3 Å². The zero-order chi connectivity index (χ0) is 20.4. The van der Waals surface area contributed by atoms with Gasteiger partial charge in [-0.05, 0) is 37.3 Å². The number of hydrogen-bond donors (Lipinski definition) is 2. The van der Waals surface area contributed by atoms with Gasteiger partial charge in [0.05, 0.1) is 9.90 Å². The van der Waals surface area contributed by atoms with Crippen molar-refractivity contribution in [2.75, 3.05) is 10.6 Å². The van der Waals surface area contributed by atoms with Crippen molar-refractivity contribution in [3.05, 3.63) is 75.2 Å². The number of aromatic nitrogens is 4. The molecule has 3 aromatic heterocycles. The summed E-state index contributed by atoms with van der Waals surface area (Å²) in [7, 11) is 0. The van der Waals surface area contributed by atoms with Crippen LogP contribution in [0.3, 0.4) is 0 Å². The van der Waals surface area contributed by atoms with Crippen molar-refractivity contribution in [3.8, 4) is 5.82 Å². The average molecular weight is 445 g/mol. The summed E-state index contributed by atoms with van der Waals surface area (Å²) in [6.45, 7) is 1.83. The first kappa shape index (κ1) is 19.4. The van der Waals surface area contributed by atoms with Crippen LogP contribution in [0, 0.1) is 6.92 Å². The molecule has 3 heterocycles. The Balaban J connectivity index is 1.47. The second kappa shape index (κ2) is 8.20. The first-order chi connectivity index (χ1) is 14.0. The summed E-state index contributed by atoms with van der Waals surface area (Å²) in [6, 6.07) is 10.6. The summed E-state index contributed by atoms with van der Waals surface area (Å²) in [5, 5.41) is 6.04. The minimum absolute atomic E-state index is 0.310. The molecule has 0 spiro atoms. The van der Waals surface area contributed by atoms with Crippen LogP contribution in [-0.4, -0.2) is 25.4 Å². The molecule has 10 heteroatoms. The summed E-state index contributed by atoms with van der Waals surface area (Å²) in [5.41, 5.74) is 1.80. The molecule has 1 aromatic carbocycles. The van der Waals surface area contributed by atoms with Crippen molar-refractivity contribution in [2.24, 2.45) is 0 Å². The molecule has 0 atom stereocenters. The number of amides is 1. The molecular weight excluding hydrogens is 431 g/mol. The highest BCUT2D eigenvalue weighted by Crippen LogP contribution is 2.31. The maximum Gasteiger partial charge on any atom is 0.258 e. The SMILES string of the molecule is Cc1nc(Nc2ccc(NC(=O)c3cc(Cl)sc3Cl)cc2)cc(-n2ccnc2)n1. The lowest BCUT2D eigenvalue weighted by Crippen LogP contribution is -2.11. The van der Waals surface area contributed by atoms with E-state index in [4.69, 9.17) is 23.2 Å². The number of halogens is 2. The number of anilines is 3. The van der Waals surface area contributed by atoms with Crippen LogP contribution in [0.2, 0.25) is 8.67 Å². The Morgan fingerprint density at radius 3 is 2.52 bits per heavy atom. The molecule has 0 radical (unpaired) electrons. The van der Waals surface area contributed by atoms with Crippen LogP contribution in [0.25, 0.3) is 5.82 Å². The Morgan fingerprint density at radius 2 is 1.86 bits per heavy atom. The molecular formula is C19H14Cl2N6OS. The zero-order valence-electron chi connectivity index (χ0n) is 15.1. The normalized spacial score (nSPS) is 10.7. The summed E-state index contributed by atoms with van der Waals surface area (Å²) in [6.07, 6.45) is 5.18. The summed E-state index contributed by atoms with van der Waals surface area (Å²) in [4.78, 5) is 25.2. The molecule has 0 aliphatic rings. The lowest BCUT2D eigenvalue weighted by molar-refractivity contribution is 0.102. The van der Waals surface area contributed by atoms with Gasteiger partial charge >= 0.3 is 0 Å². The van der Waals surface area contributed by atoms with Crippen molar-refractivity contribution < 1.29 is 4.79 Å². The molecule has 146 valence electrons. The largest absolute Gasteiger partial charge is 0.340 e. The van der Waals surface area contributed by atoms with Crippen LogP contribution < -0.4 is 10.6 Å². The predicted octanol–water partition coefficient (Wildman–Crippen LogP) is 5.33. The van der Waals surface area contributed by atoms with Crippen molar-refractivity contribution in [2.45, 2.75) is 6.92 Å². The van der Waals surface area contributed by atoms with E-state index < -0.39 is 0 Å². The lowest BCUT2D eigenvalue weighted by atomic mass is 10.2. The van der Waals surface area contributed by atoms with Crippen LogP contribution in [-0.2, 0) is 0 Å². The Kier molecular flexibility index (Phi) is 5.48. The number of rotatable bonds is 5. The van der Waals surface area contributed by atoms with Gasteiger partial charge < -0.3 is 10.6 Å². The zero-order valence-corrected chi connectivity index (χ0v) is 17.4. The summed E-state index contributed by atoms with van der Waals surface area (Å²) >= 11 is 13.1. The minimum atomic E-state index is -0.310. The highest BCUT2D eigenvalue weighted by molar-refractivity contribution is 7.20. The molecule has 7 nitrogen and oxygen atoms in total. The van der Waals surface area contributed by atoms with Crippen LogP contribution in [0.4, 0.5) is 17.2 Å². The number of thiophene rings is 1. The number of imidazole rings is 1. The van der Waals surface area contributed by atoms with Gasteiger partial charge in [-0.3, -0.25) is 9.36 Å². The highest BCUT2D eigenvalue weighted by Gasteiger charge is 2.14. The van der Waals surface area contributed by atoms with Gasteiger partial charge in [0.2, 0.25) is 0 Å². The minimum Gasteiger partial charge on any atom is -0.340 e. The van der Waals surface area contributed by atoms with Gasteiger partial charge in [0.25, 0.3) is 5.91 Å². The van der Waals surface area contributed by atoms with Crippen molar-refractivity contribution in [1.29, 1.82) is 0 Å². The van der Waals surface area contributed by atoms with E-state index >= 15 is 0 Å². The number of benzene rings is 1. The molecule has 0 aliphatic carbocycles. The molecule has 0 bridgehead atoms. The number of aryl methyl sites for hydroxylation is 1. The monoisotopic (exact) mass is 444 g/mol. The smallest absolute Gasteiger partial charge is 0.258 e. The molecule has 4 rings (SSSR count). The van der Waals surface area contributed by atoms with Gasteiger partial charge in [-0.2, -0.15) is 0 Å². The van der Waals surface area contributed by atoms with E-state index in [2.05, 4.69) is 25.6 Å². The van der Waals surface area contributed by atoms with E-state index in [-0.39, 0.29) is 5.91 Å². The van der Waals surface area contributed by atoms with E-state index in [0.717, 1.165) is 17.0 Å². The third-order valence-electron chi connectivity index (χ3n) is 3.91. The topological polar surface area (TPSA) is 84.7 Å². The molecule has 0 fully saturated rings. The second-order valence-corrected chi connectivity index (χ2v) is 8.31. The standard InChI is InChI=1S/C19H14Cl2N6OS/c1-11-23-16(9-17(24-11)27-7-6-22-10-27)25-12-2-4-13(5-3-12)26-19(28)14-8-15(20)29-18(14)21/h2-10H,1H3,(H,26,28)(H,23,24,25). The van der Waals surface area contributed by atoms with Crippen LogP contribution in [0.1, 0.15) is 16.2 Å².